The maximum Gasteiger partial charge on any atom is 0.418 e. The summed E-state index contributed by atoms with van der Waals surface area (Å²) in [6.45, 7) is 0. The first-order valence-electron chi connectivity index (χ1n) is 6.77. The Kier molecular flexibility index (Phi) is 5.18. The normalized spacial score (nSPS) is 11.5. The molecule has 2 aromatic carbocycles. The fourth-order valence-corrected chi connectivity index (χ4v) is 1.99. The zero-order chi connectivity index (χ0) is 17.7. The van der Waals surface area contributed by atoms with Crippen molar-refractivity contribution in [2.24, 2.45) is 5.10 Å². The Morgan fingerprint density at radius 3 is 2.21 bits per heavy atom. The molecule has 5 nitrogen and oxygen atoms in total. The van der Waals surface area contributed by atoms with E-state index >= 15 is 0 Å². The predicted molar refractivity (Wildman–Crippen MR) is 83.9 cm³/mol. The van der Waals surface area contributed by atoms with E-state index in [0.29, 0.717) is 5.56 Å². The maximum absolute atomic E-state index is 12.9. The van der Waals surface area contributed by atoms with Crippen LogP contribution in [-0.2, 0) is 6.18 Å². The summed E-state index contributed by atoms with van der Waals surface area (Å²) in [5, 5.41) is 13.6. The van der Waals surface area contributed by atoms with Crippen molar-refractivity contribution in [3.05, 3.63) is 47.5 Å². The topological polar surface area (TPSA) is 63.1 Å². The molecule has 0 amide bonds. The molecule has 0 atom stereocenters. The molecule has 0 aliphatic heterocycles. The van der Waals surface area contributed by atoms with E-state index in [4.69, 9.17) is 9.47 Å². The number of anilines is 1. The van der Waals surface area contributed by atoms with Crippen LogP contribution in [0.5, 0.6) is 17.2 Å². The Morgan fingerprint density at radius 1 is 1.08 bits per heavy atom. The summed E-state index contributed by atoms with van der Waals surface area (Å²) in [5.74, 6) is 0.144. The molecule has 2 rings (SSSR count). The molecular weight excluding hydrogens is 325 g/mol. The minimum absolute atomic E-state index is 0.159. The molecule has 0 fully saturated rings. The monoisotopic (exact) mass is 340 g/mol. The summed E-state index contributed by atoms with van der Waals surface area (Å²) >= 11 is 0. The first-order chi connectivity index (χ1) is 11.4. The molecule has 128 valence electrons. The van der Waals surface area contributed by atoms with Gasteiger partial charge in [-0.1, -0.05) is 12.1 Å². The molecule has 0 saturated carbocycles. The van der Waals surface area contributed by atoms with Gasteiger partial charge in [-0.15, -0.1) is 0 Å². The van der Waals surface area contributed by atoms with Crippen LogP contribution in [0.3, 0.4) is 0 Å². The molecule has 0 aliphatic rings. The first kappa shape index (κ1) is 17.5. The van der Waals surface area contributed by atoms with Crippen LogP contribution in [0.4, 0.5) is 18.9 Å². The number of halogens is 3. The maximum atomic E-state index is 12.9. The fourth-order valence-electron chi connectivity index (χ4n) is 1.99. The van der Waals surface area contributed by atoms with Gasteiger partial charge in [0, 0.05) is 5.56 Å². The Labute approximate surface area is 136 Å². The lowest BCUT2D eigenvalue weighted by Gasteiger charge is -2.11. The molecule has 0 aromatic heterocycles. The van der Waals surface area contributed by atoms with E-state index in [1.807, 2.05) is 0 Å². The van der Waals surface area contributed by atoms with Crippen molar-refractivity contribution in [3.8, 4) is 17.2 Å². The second kappa shape index (κ2) is 7.12. The molecule has 8 heteroatoms. The van der Waals surface area contributed by atoms with Gasteiger partial charge in [-0.2, -0.15) is 18.3 Å². The fraction of sp³-hybridized carbons (Fsp3) is 0.188. The van der Waals surface area contributed by atoms with Crippen LogP contribution >= 0.6 is 0 Å². The predicted octanol–water partition coefficient (Wildman–Crippen LogP) is 3.87. The van der Waals surface area contributed by atoms with Gasteiger partial charge in [0.2, 0.25) is 5.75 Å². The highest BCUT2D eigenvalue weighted by Gasteiger charge is 2.33. The van der Waals surface area contributed by atoms with E-state index in [-0.39, 0.29) is 22.9 Å². The average molecular weight is 340 g/mol. The molecule has 0 aliphatic carbocycles. The average Bonchev–Trinajstić information content (AvgIpc) is 2.55. The van der Waals surface area contributed by atoms with E-state index in [0.717, 1.165) is 6.07 Å². The number of alkyl halides is 3. The molecule has 2 N–H and O–H groups in total. The van der Waals surface area contributed by atoms with E-state index in [1.165, 1.54) is 50.8 Å². The number of phenolic OH excluding ortho intramolecular Hbond substituents is 1. The number of hydrogen-bond donors (Lipinski definition) is 2. The summed E-state index contributed by atoms with van der Waals surface area (Å²) in [4.78, 5) is 0. The van der Waals surface area contributed by atoms with E-state index in [1.54, 1.807) is 0 Å². The van der Waals surface area contributed by atoms with Crippen LogP contribution in [0.1, 0.15) is 11.1 Å². The molecule has 0 radical (unpaired) electrons. The van der Waals surface area contributed by atoms with Gasteiger partial charge in [0.1, 0.15) is 0 Å². The zero-order valence-electron chi connectivity index (χ0n) is 12.9. The van der Waals surface area contributed by atoms with Crippen LogP contribution in [0.2, 0.25) is 0 Å². The van der Waals surface area contributed by atoms with Crippen LogP contribution in [0.15, 0.2) is 41.5 Å². The van der Waals surface area contributed by atoms with Crippen molar-refractivity contribution in [1.29, 1.82) is 0 Å². The molecule has 0 heterocycles. The van der Waals surface area contributed by atoms with Crippen molar-refractivity contribution < 1.29 is 27.8 Å². The van der Waals surface area contributed by atoms with Gasteiger partial charge < -0.3 is 14.6 Å². The molecule has 2 aromatic rings. The molecule has 0 saturated heterocycles. The highest BCUT2D eigenvalue weighted by Crippen LogP contribution is 2.37. The van der Waals surface area contributed by atoms with Crippen molar-refractivity contribution in [3.63, 3.8) is 0 Å². The molecule has 0 bridgehead atoms. The van der Waals surface area contributed by atoms with Crippen molar-refractivity contribution in [2.45, 2.75) is 6.18 Å². The zero-order valence-corrected chi connectivity index (χ0v) is 12.9. The van der Waals surface area contributed by atoms with Crippen molar-refractivity contribution in [2.75, 3.05) is 19.6 Å². The number of nitrogens with one attached hydrogen (secondary N) is 1. The van der Waals surface area contributed by atoms with Gasteiger partial charge in [0.25, 0.3) is 0 Å². The lowest BCUT2D eigenvalue weighted by molar-refractivity contribution is -0.136. The third-order valence-electron chi connectivity index (χ3n) is 3.13. The third-order valence-corrected chi connectivity index (χ3v) is 3.13. The van der Waals surface area contributed by atoms with Crippen LogP contribution in [-0.4, -0.2) is 25.5 Å². The number of rotatable bonds is 5. The number of para-hydroxylation sites is 1. The Hall–Kier alpha value is -2.90. The second-order valence-corrected chi connectivity index (χ2v) is 4.69. The lowest BCUT2D eigenvalue weighted by atomic mass is 10.2. The Bertz CT molecular complexity index is 721. The summed E-state index contributed by atoms with van der Waals surface area (Å²) in [6.07, 6.45) is -3.19. The number of phenols is 1. The summed E-state index contributed by atoms with van der Waals surface area (Å²) in [6, 6.07) is 7.95. The second-order valence-electron chi connectivity index (χ2n) is 4.69. The number of hydrogen-bond acceptors (Lipinski definition) is 5. The molecule has 0 unspecified atom stereocenters. The van der Waals surface area contributed by atoms with E-state index in [2.05, 4.69) is 10.5 Å². The number of nitrogens with zero attached hydrogens (tertiary/aromatic N) is 1. The van der Waals surface area contributed by atoms with E-state index < -0.39 is 11.7 Å². The number of hydrazone groups is 1. The van der Waals surface area contributed by atoms with Gasteiger partial charge in [0.05, 0.1) is 31.7 Å². The highest BCUT2D eigenvalue weighted by molar-refractivity contribution is 5.83. The van der Waals surface area contributed by atoms with E-state index in [9.17, 15) is 18.3 Å². The minimum atomic E-state index is -4.48. The number of aromatic hydroxyl groups is 1. The van der Waals surface area contributed by atoms with Gasteiger partial charge in [-0.25, -0.2) is 0 Å². The highest BCUT2D eigenvalue weighted by atomic mass is 19.4. The van der Waals surface area contributed by atoms with Gasteiger partial charge >= 0.3 is 6.18 Å². The standard InChI is InChI=1S/C16H15F3N2O3/c1-23-13-7-10(8-14(24-2)15(13)22)9-20-21-12-6-4-3-5-11(12)16(17,18)19/h3-9,21-22H,1-2H3. The van der Waals surface area contributed by atoms with Gasteiger partial charge in [-0.05, 0) is 24.3 Å². The Morgan fingerprint density at radius 2 is 1.67 bits per heavy atom. The Balaban J connectivity index is 2.25. The van der Waals surface area contributed by atoms with Crippen molar-refractivity contribution >= 4 is 11.9 Å². The van der Waals surface area contributed by atoms with Gasteiger partial charge in [0.15, 0.2) is 11.5 Å². The molecule has 0 spiro atoms. The lowest BCUT2D eigenvalue weighted by Crippen LogP contribution is -2.08. The van der Waals surface area contributed by atoms with Crippen molar-refractivity contribution in [1.82, 2.24) is 0 Å². The first-order valence-corrected chi connectivity index (χ1v) is 6.77. The van der Waals surface area contributed by atoms with Crippen LogP contribution in [0.25, 0.3) is 0 Å². The molecule has 24 heavy (non-hydrogen) atoms. The number of methoxy groups -OCH3 is 2. The third kappa shape index (κ3) is 3.89. The minimum Gasteiger partial charge on any atom is -0.502 e. The smallest absolute Gasteiger partial charge is 0.418 e. The van der Waals surface area contributed by atoms with Crippen LogP contribution < -0.4 is 14.9 Å². The summed E-state index contributed by atoms with van der Waals surface area (Å²) in [7, 11) is 2.74. The largest absolute Gasteiger partial charge is 0.502 e. The summed E-state index contributed by atoms with van der Waals surface area (Å²) < 4.78 is 48.7. The van der Waals surface area contributed by atoms with Gasteiger partial charge in [-0.3, -0.25) is 5.43 Å². The number of ether oxygens (including phenoxy) is 2. The van der Waals surface area contributed by atoms with Crippen LogP contribution in [0, 0.1) is 0 Å². The summed E-state index contributed by atoms with van der Waals surface area (Å²) in [5.41, 5.74) is 1.85. The number of benzene rings is 2. The SMILES string of the molecule is COc1cc(C=NNc2ccccc2C(F)(F)F)cc(OC)c1O. The molecular formula is C16H15F3N2O3. The quantitative estimate of drug-likeness (QED) is 0.641.